The number of hydrogen-bond acceptors (Lipinski definition) is 4. The second-order valence-electron chi connectivity index (χ2n) is 6.75. The molecule has 0 aliphatic heterocycles. The first kappa shape index (κ1) is 19.0. The Morgan fingerprint density at radius 2 is 1.93 bits per heavy atom. The van der Waals surface area contributed by atoms with Crippen molar-refractivity contribution in [2.24, 2.45) is 0 Å². The topological polar surface area (TPSA) is 61.4 Å². The number of halogens is 2. The molecule has 3 aromatic heterocycles. The molecule has 0 aliphatic rings. The summed E-state index contributed by atoms with van der Waals surface area (Å²) in [5, 5.41) is 4.68. The lowest BCUT2D eigenvalue weighted by Crippen LogP contribution is -2.26. The van der Waals surface area contributed by atoms with Crippen molar-refractivity contribution in [3.05, 3.63) is 45.5 Å². The Bertz CT molecular complexity index is 1050. The molecule has 0 radical (unpaired) electrons. The molecule has 27 heavy (non-hydrogen) atoms. The second-order valence-corrected chi connectivity index (χ2v) is 6.75. The van der Waals surface area contributed by atoms with E-state index in [2.05, 4.69) is 14.8 Å². The van der Waals surface area contributed by atoms with Gasteiger partial charge in [-0.15, -0.1) is 5.10 Å². The van der Waals surface area contributed by atoms with E-state index in [1.54, 1.807) is 16.0 Å². The SMILES string of the molecule is CCn1c(-c2cnc(OC(F)F)cc2C)nn2c(C)cc(C(C)C)c2c1=O. The Morgan fingerprint density at radius 1 is 1.22 bits per heavy atom. The summed E-state index contributed by atoms with van der Waals surface area (Å²) in [4.78, 5) is 17.1. The minimum atomic E-state index is -2.94. The van der Waals surface area contributed by atoms with E-state index in [4.69, 9.17) is 0 Å². The first-order valence-electron chi connectivity index (χ1n) is 8.79. The minimum Gasteiger partial charge on any atom is -0.417 e. The van der Waals surface area contributed by atoms with E-state index in [0.717, 1.165) is 11.3 Å². The Balaban J connectivity index is 2.26. The first-order chi connectivity index (χ1) is 12.7. The van der Waals surface area contributed by atoms with Gasteiger partial charge in [-0.25, -0.2) is 9.50 Å². The molecule has 0 amide bonds. The quantitative estimate of drug-likeness (QED) is 0.677. The number of alkyl halides is 2. The van der Waals surface area contributed by atoms with Gasteiger partial charge in [-0.2, -0.15) is 8.78 Å². The van der Waals surface area contributed by atoms with Gasteiger partial charge in [0.25, 0.3) is 5.56 Å². The maximum absolute atomic E-state index is 13.2. The van der Waals surface area contributed by atoms with E-state index < -0.39 is 6.61 Å². The van der Waals surface area contributed by atoms with Gasteiger partial charge in [-0.1, -0.05) is 13.8 Å². The zero-order valence-electron chi connectivity index (χ0n) is 16.0. The molecule has 0 atom stereocenters. The number of nitrogens with zero attached hydrogens (tertiary/aromatic N) is 4. The van der Waals surface area contributed by atoms with Crippen molar-refractivity contribution in [1.82, 2.24) is 19.2 Å². The molecule has 8 heteroatoms. The highest BCUT2D eigenvalue weighted by molar-refractivity contribution is 5.63. The molecule has 0 saturated heterocycles. The lowest BCUT2D eigenvalue weighted by atomic mass is 10.1. The number of aromatic nitrogens is 4. The number of pyridine rings is 1. The summed E-state index contributed by atoms with van der Waals surface area (Å²) in [7, 11) is 0. The number of rotatable bonds is 5. The molecule has 0 saturated carbocycles. The molecule has 3 heterocycles. The van der Waals surface area contributed by atoms with Crippen LogP contribution in [0.5, 0.6) is 5.88 Å². The molecule has 0 aromatic carbocycles. The summed E-state index contributed by atoms with van der Waals surface area (Å²) in [6.45, 7) is 7.06. The molecule has 0 bridgehead atoms. The third-order valence-electron chi connectivity index (χ3n) is 4.56. The third-order valence-corrected chi connectivity index (χ3v) is 4.56. The van der Waals surface area contributed by atoms with Crippen molar-refractivity contribution in [3.8, 4) is 17.3 Å². The van der Waals surface area contributed by atoms with Gasteiger partial charge in [-0.3, -0.25) is 9.36 Å². The van der Waals surface area contributed by atoms with Gasteiger partial charge in [-0.05, 0) is 43.9 Å². The van der Waals surface area contributed by atoms with Crippen molar-refractivity contribution < 1.29 is 13.5 Å². The molecule has 0 N–H and O–H groups in total. The van der Waals surface area contributed by atoms with Crippen LogP contribution in [-0.2, 0) is 6.54 Å². The highest BCUT2D eigenvalue weighted by Crippen LogP contribution is 2.26. The molecule has 0 fully saturated rings. The number of aryl methyl sites for hydroxylation is 2. The van der Waals surface area contributed by atoms with Gasteiger partial charge in [0.1, 0.15) is 5.52 Å². The molecule has 0 spiro atoms. The molecule has 6 nitrogen and oxygen atoms in total. The summed E-state index contributed by atoms with van der Waals surface area (Å²) >= 11 is 0. The van der Waals surface area contributed by atoms with Crippen LogP contribution in [-0.4, -0.2) is 25.8 Å². The fourth-order valence-corrected chi connectivity index (χ4v) is 3.22. The van der Waals surface area contributed by atoms with E-state index in [0.29, 0.717) is 29.0 Å². The summed E-state index contributed by atoms with van der Waals surface area (Å²) < 4.78 is 32.4. The highest BCUT2D eigenvalue weighted by atomic mass is 19.3. The minimum absolute atomic E-state index is 0.133. The van der Waals surface area contributed by atoms with Gasteiger partial charge in [0.05, 0.1) is 0 Å². The summed E-state index contributed by atoms with van der Waals surface area (Å²) in [6, 6.07) is 3.39. The van der Waals surface area contributed by atoms with Crippen LogP contribution < -0.4 is 10.3 Å². The van der Waals surface area contributed by atoms with Crippen LogP contribution in [0.4, 0.5) is 8.78 Å². The van der Waals surface area contributed by atoms with Crippen molar-refractivity contribution in [1.29, 1.82) is 0 Å². The number of fused-ring (bicyclic) bond motifs is 1. The Hall–Kier alpha value is -2.77. The van der Waals surface area contributed by atoms with E-state index in [1.165, 1.54) is 12.3 Å². The average molecular weight is 376 g/mol. The molecule has 0 unspecified atom stereocenters. The van der Waals surface area contributed by atoms with Gasteiger partial charge in [0, 0.05) is 30.1 Å². The van der Waals surface area contributed by atoms with E-state index in [1.807, 2.05) is 33.8 Å². The summed E-state index contributed by atoms with van der Waals surface area (Å²) in [5.41, 5.74) is 3.48. The highest BCUT2D eigenvalue weighted by Gasteiger charge is 2.20. The number of hydrogen-bond donors (Lipinski definition) is 0. The second kappa shape index (κ2) is 7.09. The summed E-state index contributed by atoms with van der Waals surface area (Å²) in [5.74, 6) is 0.461. The van der Waals surface area contributed by atoms with Crippen LogP contribution in [0, 0.1) is 13.8 Å². The lowest BCUT2D eigenvalue weighted by molar-refractivity contribution is -0.0528. The van der Waals surface area contributed by atoms with Crippen molar-refractivity contribution in [3.63, 3.8) is 0 Å². The molecule has 144 valence electrons. The Labute approximate surface area is 155 Å². The maximum atomic E-state index is 13.2. The van der Waals surface area contributed by atoms with Crippen LogP contribution in [0.1, 0.15) is 43.5 Å². The fraction of sp³-hybridized carbons (Fsp3) is 0.421. The Morgan fingerprint density at radius 3 is 2.48 bits per heavy atom. The van der Waals surface area contributed by atoms with E-state index in [-0.39, 0.29) is 17.4 Å². The van der Waals surface area contributed by atoms with E-state index in [9.17, 15) is 13.6 Å². The average Bonchev–Trinajstić information content (AvgIpc) is 2.92. The zero-order chi connectivity index (χ0) is 19.9. The van der Waals surface area contributed by atoms with Crippen LogP contribution in [0.25, 0.3) is 16.9 Å². The van der Waals surface area contributed by atoms with Gasteiger partial charge in [0.2, 0.25) is 5.88 Å². The predicted octanol–water partition coefficient (Wildman–Crippen LogP) is 3.92. The standard InChI is InChI=1S/C19H22F2N4O2/c1-6-24-17(14-9-22-15(7-11(14)4)27-19(20)21)23-25-12(5)8-13(10(2)3)16(25)18(24)26/h7-10,19H,6H2,1-5H3. The van der Waals surface area contributed by atoms with Crippen LogP contribution in [0.15, 0.2) is 23.1 Å². The Kier molecular flexibility index (Phi) is 4.99. The zero-order valence-corrected chi connectivity index (χ0v) is 16.0. The molecule has 0 aliphatic carbocycles. The van der Waals surface area contributed by atoms with Crippen LogP contribution in [0.3, 0.4) is 0 Å². The van der Waals surface area contributed by atoms with Gasteiger partial charge < -0.3 is 4.74 Å². The van der Waals surface area contributed by atoms with Gasteiger partial charge in [0.15, 0.2) is 5.82 Å². The molecule has 3 rings (SSSR count). The van der Waals surface area contributed by atoms with Crippen LogP contribution in [0.2, 0.25) is 0 Å². The maximum Gasteiger partial charge on any atom is 0.388 e. The molecular weight excluding hydrogens is 354 g/mol. The van der Waals surface area contributed by atoms with Crippen molar-refractivity contribution >= 4 is 5.52 Å². The molecule has 3 aromatic rings. The normalized spacial score (nSPS) is 11.7. The first-order valence-corrected chi connectivity index (χ1v) is 8.79. The summed E-state index contributed by atoms with van der Waals surface area (Å²) in [6.07, 6.45) is 1.41. The predicted molar refractivity (Wildman–Crippen MR) is 98.6 cm³/mol. The van der Waals surface area contributed by atoms with E-state index >= 15 is 0 Å². The molecular formula is C19H22F2N4O2. The lowest BCUT2D eigenvalue weighted by Gasteiger charge is -2.14. The van der Waals surface area contributed by atoms with Gasteiger partial charge >= 0.3 is 6.61 Å². The van der Waals surface area contributed by atoms with Crippen molar-refractivity contribution in [2.75, 3.05) is 0 Å². The smallest absolute Gasteiger partial charge is 0.388 e. The van der Waals surface area contributed by atoms with Crippen LogP contribution >= 0.6 is 0 Å². The largest absolute Gasteiger partial charge is 0.417 e. The fourth-order valence-electron chi connectivity index (χ4n) is 3.22. The van der Waals surface area contributed by atoms with Crippen molar-refractivity contribution in [2.45, 2.75) is 53.7 Å². The number of ether oxygens (including phenoxy) is 1. The monoisotopic (exact) mass is 376 g/mol. The third kappa shape index (κ3) is 3.31.